The number of nitrogens with zero attached hydrogens (tertiary/aromatic N) is 3. The third kappa shape index (κ3) is 2.25. The SMILES string of the molecule is c1ccc(-c2cc(Nc3ncnc4ccsc34)n[nH]2)cc1. The van der Waals surface area contributed by atoms with Crippen molar-refractivity contribution in [1.29, 1.82) is 0 Å². The Morgan fingerprint density at radius 2 is 1.95 bits per heavy atom. The monoisotopic (exact) mass is 293 g/mol. The number of benzene rings is 1. The van der Waals surface area contributed by atoms with Crippen LogP contribution in [0.25, 0.3) is 21.5 Å². The second-order valence-corrected chi connectivity index (χ2v) is 5.43. The summed E-state index contributed by atoms with van der Waals surface area (Å²) in [5.74, 6) is 1.52. The van der Waals surface area contributed by atoms with Crippen molar-refractivity contribution in [3.63, 3.8) is 0 Å². The van der Waals surface area contributed by atoms with Gasteiger partial charge in [0.15, 0.2) is 11.6 Å². The molecule has 0 radical (unpaired) electrons. The zero-order valence-electron chi connectivity index (χ0n) is 10.9. The number of anilines is 2. The second kappa shape index (κ2) is 4.99. The van der Waals surface area contributed by atoms with Crippen LogP contribution < -0.4 is 5.32 Å². The summed E-state index contributed by atoms with van der Waals surface area (Å²) >= 11 is 1.61. The molecule has 0 atom stereocenters. The zero-order valence-corrected chi connectivity index (χ0v) is 11.8. The van der Waals surface area contributed by atoms with Crippen molar-refractivity contribution in [1.82, 2.24) is 20.2 Å². The Kier molecular flexibility index (Phi) is 2.86. The molecule has 1 aromatic carbocycles. The molecule has 0 spiro atoms. The fraction of sp³-hybridized carbons (Fsp3) is 0. The highest BCUT2D eigenvalue weighted by Gasteiger charge is 2.08. The van der Waals surface area contributed by atoms with Crippen molar-refractivity contribution in [3.8, 4) is 11.3 Å². The molecule has 21 heavy (non-hydrogen) atoms. The van der Waals surface area contributed by atoms with E-state index in [-0.39, 0.29) is 0 Å². The smallest absolute Gasteiger partial charge is 0.153 e. The molecule has 0 saturated heterocycles. The first-order valence-electron chi connectivity index (χ1n) is 6.46. The van der Waals surface area contributed by atoms with Crippen molar-refractivity contribution in [3.05, 3.63) is 54.2 Å². The van der Waals surface area contributed by atoms with Crippen LogP contribution in [-0.4, -0.2) is 20.2 Å². The fourth-order valence-electron chi connectivity index (χ4n) is 2.15. The van der Waals surface area contributed by atoms with Crippen molar-refractivity contribution >= 4 is 33.2 Å². The highest BCUT2D eigenvalue weighted by Crippen LogP contribution is 2.28. The number of rotatable bonds is 3. The van der Waals surface area contributed by atoms with E-state index in [2.05, 4.69) is 25.5 Å². The molecule has 0 unspecified atom stereocenters. The molecule has 0 amide bonds. The van der Waals surface area contributed by atoms with E-state index in [0.717, 1.165) is 33.1 Å². The van der Waals surface area contributed by atoms with Gasteiger partial charge in [-0.05, 0) is 17.0 Å². The van der Waals surface area contributed by atoms with Gasteiger partial charge >= 0.3 is 0 Å². The Balaban J connectivity index is 1.66. The number of H-pyrrole nitrogens is 1. The van der Waals surface area contributed by atoms with E-state index in [9.17, 15) is 0 Å². The molecule has 6 heteroatoms. The molecule has 0 saturated carbocycles. The molecule has 2 N–H and O–H groups in total. The Hall–Kier alpha value is -2.73. The number of aromatic amines is 1. The van der Waals surface area contributed by atoms with Gasteiger partial charge in [0.05, 0.1) is 15.9 Å². The molecule has 0 bridgehead atoms. The van der Waals surface area contributed by atoms with Crippen LogP contribution in [0.2, 0.25) is 0 Å². The Morgan fingerprint density at radius 1 is 1.05 bits per heavy atom. The Morgan fingerprint density at radius 3 is 2.86 bits per heavy atom. The van der Waals surface area contributed by atoms with Crippen LogP contribution in [0.5, 0.6) is 0 Å². The van der Waals surface area contributed by atoms with E-state index in [0.29, 0.717) is 0 Å². The quantitative estimate of drug-likeness (QED) is 0.602. The van der Waals surface area contributed by atoms with Crippen molar-refractivity contribution in [2.24, 2.45) is 0 Å². The molecule has 4 rings (SSSR count). The van der Waals surface area contributed by atoms with Gasteiger partial charge in [-0.1, -0.05) is 30.3 Å². The van der Waals surface area contributed by atoms with Crippen molar-refractivity contribution in [2.45, 2.75) is 0 Å². The van der Waals surface area contributed by atoms with Gasteiger partial charge in [0.1, 0.15) is 6.33 Å². The highest BCUT2D eigenvalue weighted by atomic mass is 32.1. The summed E-state index contributed by atoms with van der Waals surface area (Å²) in [5, 5.41) is 12.6. The van der Waals surface area contributed by atoms with Gasteiger partial charge in [-0.25, -0.2) is 9.97 Å². The lowest BCUT2D eigenvalue weighted by Gasteiger charge is -2.01. The van der Waals surface area contributed by atoms with Crippen molar-refractivity contribution in [2.75, 3.05) is 5.32 Å². The first-order valence-corrected chi connectivity index (χ1v) is 7.34. The summed E-state index contributed by atoms with van der Waals surface area (Å²) in [6, 6.07) is 14.0. The topological polar surface area (TPSA) is 66.5 Å². The van der Waals surface area contributed by atoms with Crippen LogP contribution in [0.1, 0.15) is 0 Å². The number of hydrogen-bond acceptors (Lipinski definition) is 5. The van der Waals surface area contributed by atoms with Gasteiger partial charge in [0.2, 0.25) is 0 Å². The average molecular weight is 293 g/mol. The van der Waals surface area contributed by atoms with E-state index < -0.39 is 0 Å². The van der Waals surface area contributed by atoms with Crippen LogP contribution in [0.3, 0.4) is 0 Å². The largest absolute Gasteiger partial charge is 0.322 e. The first kappa shape index (κ1) is 12.0. The molecule has 0 fully saturated rings. The third-order valence-electron chi connectivity index (χ3n) is 3.15. The normalized spacial score (nSPS) is 10.9. The predicted molar refractivity (Wildman–Crippen MR) is 84.7 cm³/mol. The van der Waals surface area contributed by atoms with E-state index in [4.69, 9.17) is 0 Å². The molecule has 0 aliphatic heterocycles. The summed E-state index contributed by atoms with van der Waals surface area (Å²) in [7, 11) is 0. The third-order valence-corrected chi connectivity index (χ3v) is 4.06. The Bertz CT molecular complexity index is 881. The van der Waals surface area contributed by atoms with Gasteiger partial charge < -0.3 is 5.32 Å². The predicted octanol–water partition coefficient (Wildman–Crippen LogP) is 3.83. The van der Waals surface area contributed by atoms with Gasteiger partial charge in [-0.2, -0.15) is 5.10 Å². The summed E-state index contributed by atoms with van der Waals surface area (Å²) in [6.07, 6.45) is 1.56. The van der Waals surface area contributed by atoms with E-state index in [1.54, 1.807) is 17.7 Å². The lowest BCUT2D eigenvalue weighted by atomic mass is 10.2. The summed E-state index contributed by atoms with van der Waals surface area (Å²) in [6.45, 7) is 0. The molecule has 0 aliphatic rings. The van der Waals surface area contributed by atoms with Crippen LogP contribution in [-0.2, 0) is 0 Å². The number of nitrogens with one attached hydrogen (secondary N) is 2. The molecular formula is C15H11N5S. The molecule has 3 heterocycles. The number of hydrogen-bond donors (Lipinski definition) is 2. The maximum absolute atomic E-state index is 4.29. The summed E-state index contributed by atoms with van der Waals surface area (Å²) < 4.78 is 1.03. The molecular weight excluding hydrogens is 282 g/mol. The molecule has 0 aliphatic carbocycles. The minimum atomic E-state index is 0.738. The van der Waals surface area contributed by atoms with Crippen LogP contribution in [0.15, 0.2) is 54.2 Å². The van der Waals surface area contributed by atoms with Crippen molar-refractivity contribution < 1.29 is 0 Å². The van der Waals surface area contributed by atoms with Gasteiger partial charge in [-0.3, -0.25) is 5.10 Å². The number of thiophene rings is 1. The highest BCUT2D eigenvalue weighted by molar-refractivity contribution is 7.17. The van der Waals surface area contributed by atoms with E-state index in [1.165, 1.54) is 0 Å². The van der Waals surface area contributed by atoms with E-state index in [1.807, 2.05) is 47.8 Å². The maximum atomic E-state index is 4.29. The number of aromatic nitrogens is 4. The molecule has 3 aromatic heterocycles. The summed E-state index contributed by atoms with van der Waals surface area (Å²) in [4.78, 5) is 8.52. The fourth-order valence-corrected chi connectivity index (χ4v) is 2.94. The number of fused-ring (bicyclic) bond motifs is 1. The maximum Gasteiger partial charge on any atom is 0.153 e. The van der Waals surface area contributed by atoms with Crippen LogP contribution in [0.4, 0.5) is 11.6 Å². The van der Waals surface area contributed by atoms with Gasteiger partial charge in [0, 0.05) is 6.07 Å². The lowest BCUT2D eigenvalue weighted by Crippen LogP contribution is -1.94. The zero-order chi connectivity index (χ0) is 14.1. The van der Waals surface area contributed by atoms with Gasteiger partial charge in [0.25, 0.3) is 0 Å². The Labute approximate surface area is 124 Å². The minimum Gasteiger partial charge on any atom is -0.322 e. The van der Waals surface area contributed by atoms with E-state index >= 15 is 0 Å². The lowest BCUT2D eigenvalue weighted by molar-refractivity contribution is 1.09. The molecule has 102 valence electrons. The second-order valence-electron chi connectivity index (χ2n) is 4.52. The standard InChI is InChI=1S/C15H11N5S/c1-2-4-10(5-3-1)12-8-13(20-19-12)18-15-14-11(6-7-21-14)16-9-17-15/h1-9H,(H2,16,17,18,19,20). The van der Waals surface area contributed by atoms with Gasteiger partial charge in [-0.15, -0.1) is 11.3 Å². The first-order chi connectivity index (χ1) is 10.4. The molecule has 5 nitrogen and oxygen atoms in total. The molecule has 4 aromatic rings. The summed E-state index contributed by atoms with van der Waals surface area (Å²) in [5.41, 5.74) is 3.01. The average Bonchev–Trinajstić information content (AvgIpc) is 3.17. The van der Waals surface area contributed by atoms with Crippen LogP contribution in [0, 0.1) is 0 Å². The minimum absolute atomic E-state index is 0.738. The van der Waals surface area contributed by atoms with Crippen LogP contribution >= 0.6 is 11.3 Å².